The van der Waals surface area contributed by atoms with Gasteiger partial charge >= 0.3 is 0 Å². The van der Waals surface area contributed by atoms with E-state index in [1.54, 1.807) is 6.92 Å². The van der Waals surface area contributed by atoms with E-state index in [4.69, 9.17) is 4.74 Å². The van der Waals surface area contributed by atoms with Crippen LogP contribution in [0, 0.1) is 0 Å². The molecule has 0 saturated heterocycles. The first kappa shape index (κ1) is 13.2. The van der Waals surface area contributed by atoms with Gasteiger partial charge in [-0.15, -0.1) is 10.2 Å². The average molecular weight is 283 g/mol. The van der Waals surface area contributed by atoms with Crippen molar-refractivity contribution in [1.82, 2.24) is 5.01 Å². The van der Waals surface area contributed by atoms with Gasteiger partial charge in [-0.3, -0.25) is 4.79 Å². The van der Waals surface area contributed by atoms with Crippen LogP contribution in [0.5, 0.6) is 0 Å². The van der Waals surface area contributed by atoms with Crippen LogP contribution in [-0.4, -0.2) is 29.7 Å². The lowest BCUT2D eigenvalue weighted by molar-refractivity contribution is -0.116. The van der Waals surface area contributed by atoms with Crippen LogP contribution in [0.15, 0.2) is 56.5 Å². The summed E-state index contributed by atoms with van der Waals surface area (Å²) in [6, 6.07) is 9.50. The Bertz CT molecular complexity index is 703. The monoisotopic (exact) mass is 283 g/mol. The Labute approximate surface area is 121 Å². The van der Waals surface area contributed by atoms with Crippen molar-refractivity contribution in [2.75, 3.05) is 7.11 Å². The van der Waals surface area contributed by atoms with Crippen LogP contribution in [0.2, 0.25) is 0 Å². The lowest BCUT2D eigenvalue weighted by Crippen LogP contribution is -2.28. The van der Waals surface area contributed by atoms with E-state index in [0.717, 1.165) is 5.56 Å². The highest BCUT2D eigenvalue weighted by atomic mass is 16.5. The van der Waals surface area contributed by atoms with E-state index in [0.29, 0.717) is 17.3 Å². The molecule has 0 fully saturated rings. The maximum absolute atomic E-state index is 11.6. The van der Waals surface area contributed by atoms with E-state index in [2.05, 4.69) is 20.3 Å². The van der Waals surface area contributed by atoms with Gasteiger partial charge < -0.3 is 4.74 Å². The van der Waals surface area contributed by atoms with Crippen molar-refractivity contribution in [2.24, 2.45) is 20.3 Å². The quantitative estimate of drug-likeness (QED) is 0.835. The van der Waals surface area contributed by atoms with E-state index in [1.807, 2.05) is 30.3 Å². The minimum atomic E-state index is -0.300. The Morgan fingerprint density at radius 3 is 2.67 bits per heavy atom. The summed E-state index contributed by atoms with van der Waals surface area (Å²) in [6.45, 7) is 1.76. The van der Waals surface area contributed by atoms with E-state index < -0.39 is 0 Å². The van der Waals surface area contributed by atoms with Crippen molar-refractivity contribution in [1.29, 1.82) is 0 Å². The number of azo groups is 1. The molecule has 2 aliphatic heterocycles. The standard InChI is InChI=1S/C14H13N5O2/c1-9-8-11(20)15-14-17-16-12(10-6-4-3-5-7-10)13(21-2)19(14)18-9/h3-7H,8H2,1-2H3. The van der Waals surface area contributed by atoms with Gasteiger partial charge in [0.1, 0.15) is 0 Å². The summed E-state index contributed by atoms with van der Waals surface area (Å²) in [5, 5.41) is 13.9. The van der Waals surface area contributed by atoms with Gasteiger partial charge in [-0.1, -0.05) is 30.3 Å². The number of guanidine groups is 1. The number of rotatable bonds is 2. The van der Waals surface area contributed by atoms with Crippen molar-refractivity contribution in [2.45, 2.75) is 13.3 Å². The molecule has 7 nitrogen and oxygen atoms in total. The van der Waals surface area contributed by atoms with Crippen molar-refractivity contribution in [3.05, 3.63) is 41.8 Å². The van der Waals surface area contributed by atoms with Crippen LogP contribution in [0.3, 0.4) is 0 Å². The van der Waals surface area contributed by atoms with Crippen molar-refractivity contribution in [3.8, 4) is 0 Å². The second-order valence-corrected chi connectivity index (χ2v) is 4.55. The zero-order valence-corrected chi connectivity index (χ0v) is 11.6. The highest BCUT2D eigenvalue weighted by Crippen LogP contribution is 2.29. The number of fused-ring (bicyclic) bond motifs is 1. The van der Waals surface area contributed by atoms with Gasteiger partial charge in [0.2, 0.25) is 5.88 Å². The number of nitrogens with zero attached hydrogens (tertiary/aromatic N) is 5. The Morgan fingerprint density at radius 1 is 1.19 bits per heavy atom. The smallest absolute Gasteiger partial charge is 0.276 e. The molecule has 0 unspecified atom stereocenters. The summed E-state index contributed by atoms with van der Waals surface area (Å²) in [5.74, 6) is 0.212. The molecule has 3 rings (SSSR count). The molecule has 1 aromatic rings. The van der Waals surface area contributed by atoms with Crippen molar-refractivity contribution in [3.63, 3.8) is 0 Å². The number of methoxy groups -OCH3 is 1. The minimum Gasteiger partial charge on any atom is -0.479 e. The Kier molecular flexibility index (Phi) is 3.31. The number of hydrogen-bond donors (Lipinski definition) is 0. The summed E-state index contributed by atoms with van der Waals surface area (Å²) in [4.78, 5) is 15.5. The number of hydrogen-bond acceptors (Lipinski definition) is 6. The molecule has 7 heteroatoms. The molecule has 0 aliphatic carbocycles. The first-order valence-electron chi connectivity index (χ1n) is 6.40. The fraction of sp³-hybridized carbons (Fsp3) is 0.214. The molecule has 0 spiro atoms. The Balaban J connectivity index is 2.14. The lowest BCUT2D eigenvalue weighted by atomic mass is 10.1. The first-order chi connectivity index (χ1) is 10.2. The summed E-state index contributed by atoms with van der Waals surface area (Å²) in [5.41, 5.74) is 2.03. The predicted molar refractivity (Wildman–Crippen MR) is 77.2 cm³/mol. The van der Waals surface area contributed by atoms with Gasteiger partial charge in [0.25, 0.3) is 11.9 Å². The summed E-state index contributed by atoms with van der Waals surface area (Å²) in [7, 11) is 1.52. The summed E-state index contributed by atoms with van der Waals surface area (Å²) in [6.07, 6.45) is 0.160. The van der Waals surface area contributed by atoms with E-state index in [-0.39, 0.29) is 18.3 Å². The molecule has 0 bridgehead atoms. The topological polar surface area (TPSA) is 79.0 Å². The zero-order valence-electron chi connectivity index (χ0n) is 11.6. The highest BCUT2D eigenvalue weighted by molar-refractivity contribution is 6.07. The molecule has 0 N–H and O–H groups in total. The largest absolute Gasteiger partial charge is 0.479 e. The van der Waals surface area contributed by atoms with Crippen molar-refractivity contribution >= 4 is 23.3 Å². The van der Waals surface area contributed by atoms with Crippen LogP contribution >= 0.6 is 0 Å². The third kappa shape index (κ3) is 2.45. The van der Waals surface area contributed by atoms with Gasteiger partial charge in [0.15, 0.2) is 5.70 Å². The number of carbonyl (C=O) groups is 1. The molecule has 106 valence electrons. The van der Waals surface area contributed by atoms with Gasteiger partial charge in [-0.25, -0.2) is 0 Å². The predicted octanol–water partition coefficient (Wildman–Crippen LogP) is 2.39. The Hall–Kier alpha value is -2.83. The minimum absolute atomic E-state index is 0.119. The normalized spacial score (nSPS) is 18.0. The fourth-order valence-electron chi connectivity index (χ4n) is 2.07. The van der Waals surface area contributed by atoms with Crippen LogP contribution in [0.4, 0.5) is 0 Å². The highest BCUT2D eigenvalue weighted by Gasteiger charge is 2.29. The Morgan fingerprint density at radius 2 is 1.95 bits per heavy atom. The molecule has 2 aliphatic rings. The molecule has 0 saturated carbocycles. The van der Waals surface area contributed by atoms with Crippen LogP contribution < -0.4 is 0 Å². The maximum atomic E-state index is 11.6. The lowest BCUT2D eigenvalue weighted by Gasteiger charge is -2.23. The van der Waals surface area contributed by atoms with Gasteiger partial charge in [0, 0.05) is 11.3 Å². The molecule has 2 heterocycles. The number of aliphatic imine (C=N–C) groups is 1. The number of benzene rings is 1. The van der Waals surface area contributed by atoms with Gasteiger partial charge in [-0.05, 0) is 6.92 Å². The summed E-state index contributed by atoms with van der Waals surface area (Å²) < 4.78 is 5.42. The first-order valence-corrected chi connectivity index (χ1v) is 6.40. The van der Waals surface area contributed by atoms with Gasteiger partial charge in [0.05, 0.1) is 13.5 Å². The van der Waals surface area contributed by atoms with Crippen molar-refractivity contribution < 1.29 is 9.53 Å². The SMILES string of the molecule is COC1=C(c2ccccc2)N=NC2=NC(=O)CC(C)=NN21. The van der Waals surface area contributed by atoms with Crippen LogP contribution in [0.25, 0.3) is 5.70 Å². The van der Waals surface area contributed by atoms with E-state index in [1.165, 1.54) is 12.1 Å². The van der Waals surface area contributed by atoms with E-state index >= 15 is 0 Å². The second kappa shape index (κ2) is 5.28. The molecule has 0 radical (unpaired) electrons. The molecule has 0 atom stereocenters. The van der Waals surface area contributed by atoms with Crippen LogP contribution in [0.1, 0.15) is 18.9 Å². The van der Waals surface area contributed by atoms with Gasteiger partial charge in [-0.2, -0.15) is 15.1 Å². The molecular weight excluding hydrogens is 270 g/mol. The molecule has 1 amide bonds. The molecular formula is C14H13N5O2. The van der Waals surface area contributed by atoms with Crippen LogP contribution in [-0.2, 0) is 9.53 Å². The third-order valence-corrected chi connectivity index (χ3v) is 2.97. The second-order valence-electron chi connectivity index (χ2n) is 4.55. The number of hydrazone groups is 1. The summed E-state index contributed by atoms with van der Waals surface area (Å²) >= 11 is 0. The number of ether oxygens (including phenoxy) is 1. The third-order valence-electron chi connectivity index (χ3n) is 2.97. The average Bonchev–Trinajstić information content (AvgIpc) is 2.63. The van der Waals surface area contributed by atoms with E-state index in [9.17, 15) is 4.79 Å². The molecule has 1 aromatic carbocycles. The zero-order chi connectivity index (χ0) is 14.8. The maximum Gasteiger partial charge on any atom is 0.276 e. The molecule has 21 heavy (non-hydrogen) atoms. The molecule has 0 aromatic heterocycles. The fourth-order valence-corrected chi connectivity index (χ4v) is 2.07. The number of carbonyl (C=O) groups excluding carboxylic acids is 1. The number of amides is 1.